The molecule has 4 rings (SSSR count). The summed E-state index contributed by atoms with van der Waals surface area (Å²) in [7, 11) is 0. The van der Waals surface area contributed by atoms with Crippen LogP contribution in [0.3, 0.4) is 0 Å². The molecule has 3 heterocycles. The number of alkyl halides is 4. The van der Waals surface area contributed by atoms with E-state index in [-0.39, 0.29) is 17.3 Å². The molecule has 0 unspecified atom stereocenters. The van der Waals surface area contributed by atoms with Crippen LogP contribution >= 0.6 is 0 Å². The molecule has 0 spiro atoms. The molecule has 0 bridgehead atoms. The lowest BCUT2D eigenvalue weighted by molar-refractivity contribution is -0.137. The van der Waals surface area contributed by atoms with Crippen molar-refractivity contribution >= 4 is 11.5 Å². The second-order valence-electron chi connectivity index (χ2n) is 7.20. The Kier molecular flexibility index (Phi) is 5.46. The van der Waals surface area contributed by atoms with E-state index in [0.29, 0.717) is 30.6 Å². The van der Waals surface area contributed by atoms with Crippen LogP contribution in [0.15, 0.2) is 30.5 Å². The van der Waals surface area contributed by atoms with Crippen LogP contribution < -0.4 is 5.32 Å². The standard InChI is InChI=1S/C19H20F4N6O/c20-6-9-28-8-1-2-13(11-28)25-18-27-26-17(15-5-7-24-29(15)18)14-4-3-12(10-16(14)30)19(21,22)23/h3-5,7,10,13,30H,1-2,6,8-9,11H2,(H,25,27)/t13-/m1/s1. The van der Waals surface area contributed by atoms with Crippen LogP contribution in [0.4, 0.5) is 23.5 Å². The molecule has 3 aromatic rings. The number of aromatic nitrogens is 4. The first kappa shape index (κ1) is 20.3. The Bertz CT molecular complexity index is 1040. The summed E-state index contributed by atoms with van der Waals surface area (Å²) in [4.78, 5) is 2.03. The average Bonchev–Trinajstić information content (AvgIpc) is 3.19. The maximum atomic E-state index is 12.9. The number of likely N-dealkylation sites (tertiary alicyclic amines) is 1. The average molecular weight is 424 g/mol. The van der Waals surface area contributed by atoms with Gasteiger partial charge in [0.2, 0.25) is 5.95 Å². The summed E-state index contributed by atoms with van der Waals surface area (Å²) in [5, 5.41) is 25.9. The smallest absolute Gasteiger partial charge is 0.416 e. The third-order valence-corrected chi connectivity index (χ3v) is 5.15. The third kappa shape index (κ3) is 4.02. The minimum atomic E-state index is -4.56. The summed E-state index contributed by atoms with van der Waals surface area (Å²) in [6.45, 7) is 1.49. The third-order valence-electron chi connectivity index (χ3n) is 5.15. The van der Waals surface area contributed by atoms with Crippen LogP contribution in [0.5, 0.6) is 5.75 Å². The van der Waals surface area contributed by atoms with E-state index in [9.17, 15) is 22.7 Å². The van der Waals surface area contributed by atoms with Gasteiger partial charge < -0.3 is 10.4 Å². The second kappa shape index (κ2) is 8.05. The summed E-state index contributed by atoms with van der Waals surface area (Å²) in [6.07, 6.45) is -1.23. The molecule has 1 saturated heterocycles. The maximum Gasteiger partial charge on any atom is 0.416 e. The number of hydrogen-bond donors (Lipinski definition) is 2. The fourth-order valence-electron chi connectivity index (χ4n) is 3.71. The fourth-order valence-corrected chi connectivity index (χ4v) is 3.71. The van der Waals surface area contributed by atoms with Gasteiger partial charge in [0, 0.05) is 24.7 Å². The predicted molar refractivity (Wildman–Crippen MR) is 102 cm³/mol. The number of phenols is 1. The monoisotopic (exact) mass is 424 g/mol. The zero-order valence-electron chi connectivity index (χ0n) is 15.9. The van der Waals surface area contributed by atoms with Gasteiger partial charge in [-0.15, -0.1) is 10.2 Å². The minimum Gasteiger partial charge on any atom is -0.507 e. The zero-order chi connectivity index (χ0) is 21.3. The molecule has 0 radical (unpaired) electrons. The van der Waals surface area contributed by atoms with Gasteiger partial charge in [0.25, 0.3) is 0 Å². The van der Waals surface area contributed by atoms with Crippen molar-refractivity contribution < 1.29 is 22.7 Å². The lowest BCUT2D eigenvalue weighted by Crippen LogP contribution is -2.43. The Balaban J connectivity index is 1.63. The molecule has 7 nitrogen and oxygen atoms in total. The molecule has 11 heteroatoms. The highest BCUT2D eigenvalue weighted by Gasteiger charge is 2.31. The van der Waals surface area contributed by atoms with Crippen LogP contribution in [0.1, 0.15) is 18.4 Å². The molecule has 2 aromatic heterocycles. The van der Waals surface area contributed by atoms with Crippen LogP contribution in [0.2, 0.25) is 0 Å². The van der Waals surface area contributed by atoms with Crippen molar-refractivity contribution in [2.75, 3.05) is 31.6 Å². The second-order valence-corrected chi connectivity index (χ2v) is 7.20. The number of hydrogen-bond acceptors (Lipinski definition) is 6. The summed E-state index contributed by atoms with van der Waals surface area (Å²) in [6, 6.07) is 4.40. The van der Waals surface area contributed by atoms with E-state index in [0.717, 1.165) is 31.5 Å². The number of nitrogens with zero attached hydrogens (tertiary/aromatic N) is 5. The SMILES string of the molecule is Oc1cc(C(F)(F)F)ccc1-c1nnc(N[C@@H]2CCCN(CCF)C2)n2nccc12. The first-order valence-electron chi connectivity index (χ1n) is 9.52. The zero-order valence-corrected chi connectivity index (χ0v) is 15.9. The molecule has 30 heavy (non-hydrogen) atoms. The van der Waals surface area contributed by atoms with Crippen molar-refractivity contribution in [1.82, 2.24) is 24.7 Å². The maximum absolute atomic E-state index is 12.9. The van der Waals surface area contributed by atoms with Gasteiger partial charge >= 0.3 is 6.18 Å². The largest absolute Gasteiger partial charge is 0.507 e. The van der Waals surface area contributed by atoms with Crippen molar-refractivity contribution in [2.24, 2.45) is 0 Å². The molecule has 0 aliphatic carbocycles. The molecule has 0 saturated carbocycles. The number of halogens is 4. The van der Waals surface area contributed by atoms with E-state index in [4.69, 9.17) is 0 Å². The van der Waals surface area contributed by atoms with Crippen molar-refractivity contribution in [3.63, 3.8) is 0 Å². The van der Waals surface area contributed by atoms with Crippen molar-refractivity contribution in [1.29, 1.82) is 0 Å². The molecule has 160 valence electrons. The van der Waals surface area contributed by atoms with Crippen molar-refractivity contribution in [3.05, 3.63) is 36.0 Å². The van der Waals surface area contributed by atoms with E-state index in [1.807, 2.05) is 4.90 Å². The Morgan fingerprint density at radius 1 is 1.20 bits per heavy atom. The van der Waals surface area contributed by atoms with Gasteiger partial charge in [0.1, 0.15) is 18.1 Å². The lowest BCUT2D eigenvalue weighted by Gasteiger charge is -2.32. The summed E-state index contributed by atoms with van der Waals surface area (Å²) in [5.41, 5.74) is -0.125. The summed E-state index contributed by atoms with van der Waals surface area (Å²) in [5.74, 6) is -0.172. The number of piperidine rings is 1. The fraction of sp³-hybridized carbons (Fsp3) is 0.421. The molecular weight excluding hydrogens is 404 g/mol. The van der Waals surface area contributed by atoms with Crippen LogP contribution in [-0.4, -0.2) is 62.2 Å². The molecule has 1 fully saturated rings. The number of fused-ring (bicyclic) bond motifs is 1. The molecule has 1 aliphatic heterocycles. The van der Waals surface area contributed by atoms with E-state index < -0.39 is 24.2 Å². The van der Waals surface area contributed by atoms with Crippen LogP contribution in [-0.2, 0) is 6.18 Å². The van der Waals surface area contributed by atoms with Gasteiger partial charge in [0.05, 0.1) is 17.3 Å². The van der Waals surface area contributed by atoms with Gasteiger partial charge in [0.15, 0.2) is 0 Å². The van der Waals surface area contributed by atoms with Gasteiger partial charge in [-0.25, -0.2) is 4.39 Å². The molecule has 1 atom stereocenters. The molecule has 1 aromatic carbocycles. The molecule has 1 aliphatic rings. The van der Waals surface area contributed by atoms with Crippen molar-refractivity contribution in [2.45, 2.75) is 25.1 Å². The predicted octanol–water partition coefficient (Wildman–Crippen LogP) is 3.36. The highest BCUT2D eigenvalue weighted by molar-refractivity contribution is 5.80. The van der Waals surface area contributed by atoms with E-state index >= 15 is 0 Å². The Labute approximate surface area is 169 Å². The van der Waals surface area contributed by atoms with Crippen LogP contribution in [0, 0.1) is 0 Å². The quantitative estimate of drug-likeness (QED) is 0.612. The number of benzene rings is 1. The first-order chi connectivity index (χ1) is 14.4. The number of nitrogens with one attached hydrogen (secondary N) is 1. The van der Waals surface area contributed by atoms with E-state index in [2.05, 4.69) is 20.6 Å². The molecule has 0 amide bonds. The number of rotatable bonds is 5. The number of anilines is 1. The van der Waals surface area contributed by atoms with Gasteiger partial charge in [-0.3, -0.25) is 4.90 Å². The topological polar surface area (TPSA) is 78.6 Å². The molecular formula is C19H20F4N6O. The summed E-state index contributed by atoms with van der Waals surface area (Å²) >= 11 is 0. The van der Waals surface area contributed by atoms with Gasteiger partial charge in [-0.2, -0.15) is 22.8 Å². The van der Waals surface area contributed by atoms with Crippen molar-refractivity contribution in [3.8, 4) is 17.0 Å². The minimum absolute atomic E-state index is 0.0392. The Hall–Kier alpha value is -2.95. The van der Waals surface area contributed by atoms with Gasteiger partial charge in [-0.05, 0) is 43.7 Å². The lowest BCUT2D eigenvalue weighted by atomic mass is 10.1. The van der Waals surface area contributed by atoms with Gasteiger partial charge in [-0.1, -0.05) is 0 Å². The van der Waals surface area contributed by atoms with E-state index in [1.165, 1.54) is 10.7 Å². The Morgan fingerprint density at radius 3 is 2.77 bits per heavy atom. The highest BCUT2D eigenvalue weighted by Crippen LogP contribution is 2.37. The normalized spacial score (nSPS) is 18.1. The Morgan fingerprint density at radius 2 is 2.03 bits per heavy atom. The number of phenolic OH excluding ortho intramolecular Hbond substituents is 1. The first-order valence-corrected chi connectivity index (χ1v) is 9.52. The summed E-state index contributed by atoms with van der Waals surface area (Å²) < 4.78 is 52.8. The number of aromatic hydroxyl groups is 1. The molecule has 2 N–H and O–H groups in total. The highest BCUT2D eigenvalue weighted by atomic mass is 19.4. The van der Waals surface area contributed by atoms with Crippen LogP contribution in [0.25, 0.3) is 16.8 Å². The van der Waals surface area contributed by atoms with E-state index in [1.54, 1.807) is 6.07 Å².